The van der Waals surface area contributed by atoms with E-state index in [1.54, 1.807) is 11.3 Å². The molecule has 3 rings (SSSR count). The molecule has 0 aliphatic carbocycles. The molecule has 2 aromatic carbocycles. The van der Waals surface area contributed by atoms with E-state index in [2.05, 4.69) is 61.7 Å². The molecule has 0 radical (unpaired) electrons. The zero-order valence-corrected chi connectivity index (χ0v) is 12.1. The third-order valence-electron chi connectivity index (χ3n) is 3.66. The van der Waals surface area contributed by atoms with E-state index in [-0.39, 0.29) is 0 Å². The lowest BCUT2D eigenvalue weighted by atomic mass is 10.0. The van der Waals surface area contributed by atoms with Crippen LogP contribution in [0.4, 0.5) is 0 Å². The fourth-order valence-corrected chi connectivity index (χ4v) is 3.24. The summed E-state index contributed by atoms with van der Waals surface area (Å²) in [5, 5.41) is 5.90. The van der Waals surface area contributed by atoms with Gasteiger partial charge in [0.15, 0.2) is 0 Å². The topological polar surface area (TPSA) is 12.9 Å². The summed E-state index contributed by atoms with van der Waals surface area (Å²) in [6, 6.07) is 14.9. The lowest BCUT2D eigenvalue weighted by Gasteiger charge is -2.04. The van der Waals surface area contributed by atoms with Crippen molar-refractivity contribution < 1.29 is 0 Å². The maximum absolute atomic E-state index is 4.82. The van der Waals surface area contributed by atoms with Gasteiger partial charge in [0.25, 0.3) is 0 Å². The molecule has 0 spiro atoms. The van der Waals surface area contributed by atoms with Gasteiger partial charge in [-0.1, -0.05) is 56.3 Å². The molecule has 1 atom stereocenters. The molecule has 0 aliphatic rings. The number of hydrogen-bond acceptors (Lipinski definition) is 2. The molecule has 1 unspecified atom stereocenters. The van der Waals surface area contributed by atoms with Gasteiger partial charge in [-0.25, -0.2) is 4.98 Å². The van der Waals surface area contributed by atoms with E-state index in [0.29, 0.717) is 5.92 Å². The summed E-state index contributed by atoms with van der Waals surface area (Å²) in [5.41, 5.74) is 2.47. The Morgan fingerprint density at radius 1 is 1.11 bits per heavy atom. The minimum atomic E-state index is 0.542. The number of hydrogen-bond donors (Lipinski definition) is 0. The van der Waals surface area contributed by atoms with E-state index in [0.717, 1.165) is 11.4 Å². The Morgan fingerprint density at radius 3 is 2.74 bits per heavy atom. The monoisotopic (exact) mass is 267 g/mol. The second-order valence-electron chi connectivity index (χ2n) is 4.91. The number of nitrogens with zero attached hydrogens (tertiary/aromatic N) is 1. The van der Waals surface area contributed by atoms with Crippen LogP contribution in [-0.4, -0.2) is 4.98 Å². The van der Waals surface area contributed by atoms with Crippen LogP contribution in [0, 0.1) is 0 Å². The first-order valence-corrected chi connectivity index (χ1v) is 7.61. The summed E-state index contributed by atoms with van der Waals surface area (Å²) in [7, 11) is 0. The SMILES string of the molecule is CCC(C)c1csc(-c2cccc3ccccc23)n1. The van der Waals surface area contributed by atoms with Crippen molar-refractivity contribution >= 4 is 22.1 Å². The van der Waals surface area contributed by atoms with Gasteiger partial charge in [0.1, 0.15) is 5.01 Å². The standard InChI is InChI=1S/C17H17NS/c1-3-12(2)16-11-19-17(18-16)15-10-6-8-13-7-4-5-9-14(13)15/h4-12H,3H2,1-2H3. The molecule has 1 aromatic heterocycles. The molecule has 96 valence electrons. The summed E-state index contributed by atoms with van der Waals surface area (Å²) >= 11 is 1.75. The van der Waals surface area contributed by atoms with Crippen molar-refractivity contribution in [1.82, 2.24) is 4.98 Å². The van der Waals surface area contributed by atoms with E-state index < -0.39 is 0 Å². The smallest absolute Gasteiger partial charge is 0.124 e. The third-order valence-corrected chi connectivity index (χ3v) is 4.55. The van der Waals surface area contributed by atoms with Gasteiger partial charge in [-0.05, 0) is 23.1 Å². The molecular weight excluding hydrogens is 250 g/mol. The average molecular weight is 267 g/mol. The lowest BCUT2D eigenvalue weighted by molar-refractivity contribution is 0.714. The number of rotatable bonds is 3. The number of benzene rings is 2. The van der Waals surface area contributed by atoms with Crippen molar-refractivity contribution in [2.75, 3.05) is 0 Å². The second kappa shape index (κ2) is 5.14. The van der Waals surface area contributed by atoms with Gasteiger partial charge in [0.2, 0.25) is 0 Å². The highest BCUT2D eigenvalue weighted by Crippen LogP contribution is 2.32. The Bertz CT molecular complexity index is 694. The minimum absolute atomic E-state index is 0.542. The summed E-state index contributed by atoms with van der Waals surface area (Å²) in [6.45, 7) is 4.45. The van der Waals surface area contributed by atoms with Crippen molar-refractivity contribution in [3.63, 3.8) is 0 Å². The predicted molar refractivity (Wildman–Crippen MR) is 83.8 cm³/mol. The van der Waals surface area contributed by atoms with Gasteiger partial charge >= 0.3 is 0 Å². The molecule has 0 bridgehead atoms. The van der Waals surface area contributed by atoms with Crippen molar-refractivity contribution in [2.24, 2.45) is 0 Å². The lowest BCUT2D eigenvalue weighted by Crippen LogP contribution is -1.91. The van der Waals surface area contributed by atoms with Crippen LogP contribution in [0.5, 0.6) is 0 Å². The Kier molecular flexibility index (Phi) is 3.34. The molecule has 0 aliphatic heterocycles. The quantitative estimate of drug-likeness (QED) is 0.612. The largest absolute Gasteiger partial charge is 0.241 e. The maximum atomic E-state index is 4.82. The van der Waals surface area contributed by atoms with Gasteiger partial charge in [0.05, 0.1) is 5.69 Å². The third kappa shape index (κ3) is 2.28. The van der Waals surface area contributed by atoms with Crippen LogP contribution in [-0.2, 0) is 0 Å². The van der Waals surface area contributed by atoms with Crippen LogP contribution in [0.2, 0.25) is 0 Å². The maximum Gasteiger partial charge on any atom is 0.124 e. The first kappa shape index (κ1) is 12.4. The molecule has 0 fully saturated rings. The van der Waals surface area contributed by atoms with E-state index >= 15 is 0 Å². The molecular formula is C17H17NS. The molecule has 19 heavy (non-hydrogen) atoms. The van der Waals surface area contributed by atoms with Gasteiger partial charge in [0, 0.05) is 10.9 Å². The minimum Gasteiger partial charge on any atom is -0.241 e. The van der Waals surface area contributed by atoms with Gasteiger partial charge in [-0.15, -0.1) is 11.3 Å². The number of fused-ring (bicyclic) bond motifs is 1. The molecule has 1 nitrogen and oxygen atoms in total. The molecule has 1 heterocycles. The zero-order valence-electron chi connectivity index (χ0n) is 11.3. The summed E-state index contributed by atoms with van der Waals surface area (Å²) in [4.78, 5) is 4.82. The average Bonchev–Trinajstić information content (AvgIpc) is 2.95. The highest BCUT2D eigenvalue weighted by molar-refractivity contribution is 7.13. The van der Waals surface area contributed by atoms with Crippen molar-refractivity contribution in [1.29, 1.82) is 0 Å². The molecule has 2 heteroatoms. The zero-order chi connectivity index (χ0) is 13.2. The van der Waals surface area contributed by atoms with Crippen LogP contribution in [0.25, 0.3) is 21.3 Å². The normalized spacial score (nSPS) is 12.7. The fraction of sp³-hybridized carbons (Fsp3) is 0.235. The summed E-state index contributed by atoms with van der Waals surface area (Å²) in [6.07, 6.45) is 1.14. The van der Waals surface area contributed by atoms with Crippen LogP contribution >= 0.6 is 11.3 Å². The van der Waals surface area contributed by atoms with Gasteiger partial charge in [-0.2, -0.15) is 0 Å². The second-order valence-corrected chi connectivity index (χ2v) is 5.77. The summed E-state index contributed by atoms with van der Waals surface area (Å²) < 4.78 is 0. The van der Waals surface area contributed by atoms with Gasteiger partial charge in [-0.3, -0.25) is 0 Å². The molecule has 3 aromatic rings. The first-order chi connectivity index (χ1) is 9.29. The van der Waals surface area contributed by atoms with Crippen LogP contribution in [0.15, 0.2) is 47.8 Å². The Morgan fingerprint density at radius 2 is 1.89 bits per heavy atom. The van der Waals surface area contributed by atoms with E-state index in [1.807, 2.05) is 0 Å². The van der Waals surface area contributed by atoms with E-state index in [4.69, 9.17) is 4.98 Å². The van der Waals surface area contributed by atoms with Crippen LogP contribution in [0.3, 0.4) is 0 Å². The highest BCUT2D eigenvalue weighted by Gasteiger charge is 2.11. The van der Waals surface area contributed by atoms with Crippen molar-refractivity contribution in [3.8, 4) is 10.6 Å². The number of thiazole rings is 1. The van der Waals surface area contributed by atoms with Crippen LogP contribution in [0.1, 0.15) is 31.9 Å². The Labute approximate surface area is 117 Å². The molecule has 0 saturated heterocycles. The van der Waals surface area contributed by atoms with E-state index in [1.165, 1.54) is 22.0 Å². The van der Waals surface area contributed by atoms with Crippen molar-refractivity contribution in [3.05, 3.63) is 53.5 Å². The first-order valence-electron chi connectivity index (χ1n) is 6.73. The van der Waals surface area contributed by atoms with E-state index in [9.17, 15) is 0 Å². The predicted octanol–water partition coefficient (Wildman–Crippen LogP) is 5.48. The van der Waals surface area contributed by atoms with Crippen LogP contribution < -0.4 is 0 Å². The van der Waals surface area contributed by atoms with Crippen molar-refractivity contribution in [2.45, 2.75) is 26.2 Å². The fourth-order valence-electron chi connectivity index (χ4n) is 2.26. The van der Waals surface area contributed by atoms with Gasteiger partial charge < -0.3 is 0 Å². The molecule has 0 N–H and O–H groups in total. The highest BCUT2D eigenvalue weighted by atomic mass is 32.1. The number of aromatic nitrogens is 1. The molecule has 0 amide bonds. The Hall–Kier alpha value is -1.67. The molecule has 0 saturated carbocycles. The Balaban J connectivity index is 2.12. The summed E-state index contributed by atoms with van der Waals surface area (Å²) in [5.74, 6) is 0.542.